The van der Waals surface area contributed by atoms with E-state index in [2.05, 4.69) is 18.0 Å². The lowest BCUT2D eigenvalue weighted by molar-refractivity contribution is 0.716. The lowest BCUT2D eigenvalue weighted by atomic mass is 10.2. The lowest BCUT2D eigenvalue weighted by Crippen LogP contribution is -1.82. The molecular weight excluding hydrogens is 226 g/mol. The van der Waals surface area contributed by atoms with Gasteiger partial charge in [-0.15, -0.1) is 11.3 Å². The van der Waals surface area contributed by atoms with E-state index in [0.29, 0.717) is 0 Å². The maximum atomic E-state index is 5.92. The van der Waals surface area contributed by atoms with Gasteiger partial charge >= 0.3 is 0 Å². The fourth-order valence-corrected chi connectivity index (χ4v) is 2.74. The van der Waals surface area contributed by atoms with E-state index in [1.807, 2.05) is 12.1 Å². The van der Waals surface area contributed by atoms with E-state index in [4.69, 9.17) is 11.6 Å². The fraction of sp³-hybridized carbons (Fsp3) is 0.417. The van der Waals surface area contributed by atoms with Crippen molar-refractivity contribution in [1.29, 1.82) is 0 Å². The van der Waals surface area contributed by atoms with Crippen LogP contribution in [0.15, 0.2) is 18.2 Å². The van der Waals surface area contributed by atoms with Gasteiger partial charge in [-0.2, -0.15) is 0 Å². The summed E-state index contributed by atoms with van der Waals surface area (Å²) in [7, 11) is 0. The topological polar surface area (TPSA) is 12.9 Å². The molecule has 1 aromatic heterocycles. The number of hydrogen-bond donors (Lipinski definition) is 0. The van der Waals surface area contributed by atoms with E-state index in [-0.39, 0.29) is 0 Å². The molecule has 0 saturated heterocycles. The third-order valence-electron chi connectivity index (χ3n) is 2.39. The molecule has 0 aliphatic rings. The molecule has 0 spiro atoms. The Hall–Kier alpha value is -0.600. The first kappa shape index (κ1) is 10.9. The molecule has 0 amide bonds. The lowest BCUT2D eigenvalue weighted by Gasteiger charge is -1.92. The normalized spacial score (nSPS) is 11.1. The average molecular weight is 240 g/mol. The van der Waals surface area contributed by atoms with E-state index in [1.165, 1.54) is 29.0 Å². The molecule has 1 aromatic carbocycles. The van der Waals surface area contributed by atoms with E-state index in [1.54, 1.807) is 11.3 Å². The molecule has 1 nitrogen and oxygen atoms in total. The highest BCUT2D eigenvalue weighted by molar-refractivity contribution is 7.18. The van der Waals surface area contributed by atoms with Gasteiger partial charge in [-0.3, -0.25) is 0 Å². The minimum Gasteiger partial charge on any atom is -0.241 e. The number of thiazole rings is 1. The SMILES string of the molecule is CCCCCc1nc2cc(Cl)ccc2s1. The number of rotatable bonds is 4. The van der Waals surface area contributed by atoms with Crippen molar-refractivity contribution in [3.63, 3.8) is 0 Å². The predicted octanol–water partition coefficient (Wildman–Crippen LogP) is 4.68. The van der Waals surface area contributed by atoms with Crippen LogP contribution in [0.3, 0.4) is 0 Å². The minimum absolute atomic E-state index is 0.771. The quantitative estimate of drug-likeness (QED) is 0.706. The van der Waals surface area contributed by atoms with Gasteiger partial charge in [0.25, 0.3) is 0 Å². The smallest absolute Gasteiger partial charge is 0.0938 e. The Balaban J connectivity index is 2.16. The number of fused-ring (bicyclic) bond motifs is 1. The largest absolute Gasteiger partial charge is 0.241 e. The van der Waals surface area contributed by atoms with Gasteiger partial charge in [0.2, 0.25) is 0 Å². The summed E-state index contributed by atoms with van der Waals surface area (Å²) in [6, 6.07) is 5.92. The van der Waals surface area contributed by atoms with Crippen molar-refractivity contribution in [2.24, 2.45) is 0 Å². The zero-order valence-corrected chi connectivity index (χ0v) is 10.4. The molecule has 0 unspecified atom stereocenters. The van der Waals surface area contributed by atoms with Crippen LogP contribution in [0, 0.1) is 0 Å². The van der Waals surface area contributed by atoms with Gasteiger partial charge < -0.3 is 0 Å². The van der Waals surface area contributed by atoms with Crippen molar-refractivity contribution in [2.75, 3.05) is 0 Å². The molecule has 0 aliphatic carbocycles. The molecular formula is C12H14ClNS. The summed E-state index contributed by atoms with van der Waals surface area (Å²) in [6.45, 7) is 2.22. The van der Waals surface area contributed by atoms with Crippen molar-refractivity contribution in [2.45, 2.75) is 32.6 Å². The summed E-state index contributed by atoms with van der Waals surface area (Å²) in [4.78, 5) is 4.58. The Morgan fingerprint density at radius 3 is 3.00 bits per heavy atom. The molecule has 0 fully saturated rings. The van der Waals surface area contributed by atoms with Gasteiger partial charge in [0.1, 0.15) is 0 Å². The maximum absolute atomic E-state index is 5.92. The van der Waals surface area contributed by atoms with Gasteiger partial charge in [0, 0.05) is 5.02 Å². The predicted molar refractivity (Wildman–Crippen MR) is 67.9 cm³/mol. The Kier molecular flexibility index (Phi) is 3.60. The Bertz CT molecular complexity index is 450. The number of unbranched alkanes of at least 4 members (excludes halogenated alkanes) is 2. The summed E-state index contributed by atoms with van der Waals surface area (Å²) in [6.07, 6.45) is 4.89. The van der Waals surface area contributed by atoms with Crippen molar-refractivity contribution < 1.29 is 0 Å². The van der Waals surface area contributed by atoms with Gasteiger partial charge in [-0.25, -0.2) is 4.98 Å². The van der Waals surface area contributed by atoms with Crippen molar-refractivity contribution in [3.8, 4) is 0 Å². The Labute approximate surface area is 99.1 Å². The standard InChI is InChI=1S/C12H14ClNS/c1-2-3-4-5-12-14-10-8-9(13)6-7-11(10)15-12/h6-8H,2-5H2,1H3. The highest BCUT2D eigenvalue weighted by atomic mass is 35.5. The number of halogens is 1. The molecule has 0 bridgehead atoms. The van der Waals surface area contributed by atoms with Gasteiger partial charge in [0.05, 0.1) is 15.2 Å². The van der Waals surface area contributed by atoms with Crippen molar-refractivity contribution >= 4 is 33.2 Å². The highest BCUT2D eigenvalue weighted by Crippen LogP contribution is 2.25. The van der Waals surface area contributed by atoms with Gasteiger partial charge in [-0.1, -0.05) is 31.4 Å². The van der Waals surface area contributed by atoms with Gasteiger partial charge in [0.15, 0.2) is 0 Å². The first-order valence-electron chi connectivity index (χ1n) is 5.34. The van der Waals surface area contributed by atoms with Crippen LogP contribution < -0.4 is 0 Å². The van der Waals surface area contributed by atoms with Crippen LogP contribution in [0.2, 0.25) is 5.02 Å². The number of nitrogens with zero attached hydrogens (tertiary/aromatic N) is 1. The van der Waals surface area contributed by atoms with Crippen LogP contribution in [0.1, 0.15) is 31.2 Å². The van der Waals surface area contributed by atoms with E-state index in [9.17, 15) is 0 Å². The number of aromatic nitrogens is 1. The molecule has 3 heteroatoms. The molecule has 80 valence electrons. The second kappa shape index (κ2) is 4.95. The maximum Gasteiger partial charge on any atom is 0.0938 e. The van der Waals surface area contributed by atoms with Crippen LogP contribution in [-0.2, 0) is 6.42 Å². The van der Waals surface area contributed by atoms with Crippen LogP contribution >= 0.6 is 22.9 Å². The minimum atomic E-state index is 0.771. The van der Waals surface area contributed by atoms with E-state index >= 15 is 0 Å². The van der Waals surface area contributed by atoms with Crippen molar-refractivity contribution in [1.82, 2.24) is 4.98 Å². The number of aryl methyl sites for hydroxylation is 1. The second-order valence-electron chi connectivity index (χ2n) is 3.68. The van der Waals surface area contributed by atoms with Crippen LogP contribution in [-0.4, -0.2) is 4.98 Å². The molecule has 1 heterocycles. The first-order valence-corrected chi connectivity index (χ1v) is 6.54. The summed E-state index contributed by atoms with van der Waals surface area (Å²) < 4.78 is 1.24. The molecule has 0 saturated carbocycles. The molecule has 2 aromatic rings. The molecule has 15 heavy (non-hydrogen) atoms. The number of hydrogen-bond acceptors (Lipinski definition) is 2. The summed E-state index contributed by atoms with van der Waals surface area (Å²) in [5.41, 5.74) is 1.04. The van der Waals surface area contributed by atoms with Crippen molar-refractivity contribution in [3.05, 3.63) is 28.2 Å². The Morgan fingerprint density at radius 2 is 2.20 bits per heavy atom. The summed E-state index contributed by atoms with van der Waals surface area (Å²) in [5, 5.41) is 2.01. The average Bonchev–Trinajstić information content (AvgIpc) is 2.60. The van der Waals surface area contributed by atoms with Crippen LogP contribution in [0.25, 0.3) is 10.2 Å². The van der Waals surface area contributed by atoms with Crippen LogP contribution in [0.5, 0.6) is 0 Å². The first-order chi connectivity index (χ1) is 7.29. The number of benzene rings is 1. The molecule has 0 radical (unpaired) electrons. The third-order valence-corrected chi connectivity index (χ3v) is 3.72. The second-order valence-corrected chi connectivity index (χ2v) is 5.23. The molecule has 0 N–H and O–H groups in total. The van der Waals surface area contributed by atoms with Gasteiger partial charge in [-0.05, 0) is 31.0 Å². The highest BCUT2D eigenvalue weighted by Gasteiger charge is 2.03. The van der Waals surface area contributed by atoms with E-state index in [0.717, 1.165) is 17.0 Å². The monoisotopic (exact) mass is 239 g/mol. The van der Waals surface area contributed by atoms with Crippen LogP contribution in [0.4, 0.5) is 0 Å². The zero-order valence-electron chi connectivity index (χ0n) is 8.79. The third kappa shape index (κ3) is 2.70. The van der Waals surface area contributed by atoms with E-state index < -0.39 is 0 Å². The zero-order chi connectivity index (χ0) is 10.7. The Morgan fingerprint density at radius 1 is 1.33 bits per heavy atom. The molecule has 2 rings (SSSR count). The molecule has 0 aliphatic heterocycles. The molecule has 0 atom stereocenters. The summed E-state index contributed by atoms with van der Waals surface area (Å²) in [5.74, 6) is 0. The summed E-state index contributed by atoms with van der Waals surface area (Å²) >= 11 is 7.71. The fourth-order valence-electron chi connectivity index (χ4n) is 1.58.